The predicted octanol–water partition coefficient (Wildman–Crippen LogP) is 3.74. The summed E-state index contributed by atoms with van der Waals surface area (Å²) in [6, 6.07) is 12.1. The van der Waals surface area contributed by atoms with Crippen LogP contribution >= 0.6 is 0 Å². The second-order valence-corrected chi connectivity index (χ2v) is 7.72. The number of nitrogens with one attached hydrogen (secondary N) is 1. The fourth-order valence-electron chi connectivity index (χ4n) is 2.55. The predicted molar refractivity (Wildman–Crippen MR) is 92.7 cm³/mol. The average molecular weight is 331 g/mol. The number of sulfone groups is 1. The summed E-state index contributed by atoms with van der Waals surface area (Å²) >= 11 is 0. The number of benzene rings is 2. The molecule has 0 aliphatic heterocycles. The number of hydrogen-bond donors (Lipinski definition) is 1. The van der Waals surface area contributed by atoms with Gasteiger partial charge in [0.2, 0.25) is 0 Å². The normalized spacial score (nSPS) is 11.3. The summed E-state index contributed by atoms with van der Waals surface area (Å²) in [5.74, 6) is -0.383. The molecule has 0 aliphatic rings. The molecule has 1 amide bonds. The van der Waals surface area contributed by atoms with E-state index in [4.69, 9.17) is 0 Å². The number of carbonyl (C=O) groups excluding carboxylic acids is 1. The maximum atomic E-state index is 12.5. The fourth-order valence-corrected chi connectivity index (χ4v) is 4.09. The van der Waals surface area contributed by atoms with Crippen LogP contribution in [0, 0.1) is 13.8 Å². The van der Waals surface area contributed by atoms with Crippen LogP contribution in [0.1, 0.15) is 34.8 Å². The van der Waals surface area contributed by atoms with Crippen LogP contribution in [0.3, 0.4) is 0 Å². The molecule has 0 aliphatic carbocycles. The van der Waals surface area contributed by atoms with Crippen LogP contribution in [0.2, 0.25) is 0 Å². The molecule has 2 aromatic carbocycles. The van der Waals surface area contributed by atoms with Crippen LogP contribution in [0.15, 0.2) is 47.4 Å². The van der Waals surface area contributed by atoms with Gasteiger partial charge in [0.05, 0.1) is 16.2 Å². The highest BCUT2D eigenvalue weighted by molar-refractivity contribution is 7.91. The van der Waals surface area contributed by atoms with E-state index in [0.29, 0.717) is 12.1 Å². The van der Waals surface area contributed by atoms with Crippen molar-refractivity contribution >= 4 is 21.4 Å². The number of carbonyl (C=O) groups is 1. The standard InChI is InChI=1S/C18H21NO3S/c1-4-9-23(21,22)17-8-6-5-7-16(17)18(20)19-15-11-13(2)10-14(3)12-15/h5-8,10-12H,4,9H2,1-3H3,(H,19,20). The van der Waals surface area contributed by atoms with Gasteiger partial charge in [-0.05, 0) is 55.7 Å². The van der Waals surface area contributed by atoms with Crippen molar-refractivity contribution in [2.75, 3.05) is 11.1 Å². The molecule has 0 atom stereocenters. The largest absolute Gasteiger partial charge is 0.322 e. The maximum absolute atomic E-state index is 12.5. The lowest BCUT2D eigenvalue weighted by molar-refractivity contribution is 0.102. The van der Waals surface area contributed by atoms with E-state index in [0.717, 1.165) is 11.1 Å². The van der Waals surface area contributed by atoms with Crippen molar-refractivity contribution in [2.24, 2.45) is 0 Å². The smallest absolute Gasteiger partial charge is 0.256 e. The molecule has 0 saturated carbocycles. The Bertz CT molecular complexity index is 806. The van der Waals surface area contributed by atoms with Crippen LogP contribution in [-0.4, -0.2) is 20.1 Å². The molecule has 122 valence electrons. The first kappa shape index (κ1) is 17.2. The highest BCUT2D eigenvalue weighted by Gasteiger charge is 2.21. The zero-order valence-electron chi connectivity index (χ0n) is 13.6. The Labute approximate surface area is 137 Å². The summed E-state index contributed by atoms with van der Waals surface area (Å²) in [7, 11) is -3.46. The van der Waals surface area contributed by atoms with E-state index in [-0.39, 0.29) is 16.2 Å². The SMILES string of the molecule is CCCS(=O)(=O)c1ccccc1C(=O)Nc1cc(C)cc(C)c1. The average Bonchev–Trinajstić information content (AvgIpc) is 2.46. The van der Waals surface area contributed by atoms with Gasteiger partial charge in [-0.1, -0.05) is 25.1 Å². The summed E-state index contributed by atoms with van der Waals surface area (Å²) in [5, 5.41) is 2.79. The molecule has 0 bridgehead atoms. The molecule has 1 N–H and O–H groups in total. The molecule has 0 radical (unpaired) electrons. The van der Waals surface area contributed by atoms with Crippen LogP contribution in [0.25, 0.3) is 0 Å². The number of hydrogen-bond acceptors (Lipinski definition) is 3. The highest BCUT2D eigenvalue weighted by Crippen LogP contribution is 2.20. The lowest BCUT2D eigenvalue weighted by Crippen LogP contribution is -2.17. The number of amides is 1. The van der Waals surface area contributed by atoms with Gasteiger partial charge in [0.25, 0.3) is 5.91 Å². The van der Waals surface area contributed by atoms with Crippen LogP contribution < -0.4 is 5.32 Å². The van der Waals surface area contributed by atoms with Crippen molar-refractivity contribution in [1.82, 2.24) is 0 Å². The van der Waals surface area contributed by atoms with Crippen molar-refractivity contribution in [3.63, 3.8) is 0 Å². The van der Waals surface area contributed by atoms with Gasteiger partial charge < -0.3 is 5.32 Å². The van der Waals surface area contributed by atoms with Crippen molar-refractivity contribution in [3.8, 4) is 0 Å². The quantitative estimate of drug-likeness (QED) is 0.908. The topological polar surface area (TPSA) is 63.2 Å². The molecule has 4 nitrogen and oxygen atoms in total. The summed E-state index contributed by atoms with van der Waals surface area (Å²) in [6.07, 6.45) is 0.509. The lowest BCUT2D eigenvalue weighted by atomic mass is 10.1. The van der Waals surface area contributed by atoms with Gasteiger partial charge in [-0.25, -0.2) is 8.42 Å². The first-order chi connectivity index (χ1) is 10.8. The number of anilines is 1. The Hall–Kier alpha value is -2.14. The molecule has 0 saturated heterocycles. The zero-order chi connectivity index (χ0) is 17.0. The first-order valence-corrected chi connectivity index (χ1v) is 9.20. The molecule has 23 heavy (non-hydrogen) atoms. The minimum Gasteiger partial charge on any atom is -0.322 e. The van der Waals surface area contributed by atoms with Gasteiger partial charge in [-0.15, -0.1) is 0 Å². The molecule has 2 aromatic rings. The van der Waals surface area contributed by atoms with E-state index in [2.05, 4.69) is 5.32 Å². The van der Waals surface area contributed by atoms with E-state index in [1.54, 1.807) is 25.1 Å². The Morgan fingerprint density at radius 1 is 1.04 bits per heavy atom. The van der Waals surface area contributed by atoms with E-state index in [1.165, 1.54) is 6.07 Å². The molecule has 0 heterocycles. The number of rotatable bonds is 5. The Kier molecular flexibility index (Phi) is 5.21. The van der Waals surface area contributed by atoms with E-state index >= 15 is 0 Å². The summed E-state index contributed by atoms with van der Waals surface area (Å²) in [6.45, 7) is 5.69. The first-order valence-electron chi connectivity index (χ1n) is 7.55. The molecular weight excluding hydrogens is 310 g/mol. The summed E-state index contributed by atoms with van der Waals surface area (Å²) in [4.78, 5) is 12.6. The molecule has 5 heteroatoms. The molecule has 2 rings (SSSR count). The van der Waals surface area contributed by atoms with E-state index in [1.807, 2.05) is 32.0 Å². The van der Waals surface area contributed by atoms with Gasteiger partial charge in [-0.2, -0.15) is 0 Å². The molecule has 0 fully saturated rings. The third kappa shape index (κ3) is 4.20. The van der Waals surface area contributed by atoms with Gasteiger partial charge in [0.15, 0.2) is 9.84 Å². The van der Waals surface area contributed by atoms with Crippen molar-refractivity contribution < 1.29 is 13.2 Å². The molecule has 0 spiro atoms. The maximum Gasteiger partial charge on any atom is 0.256 e. The third-order valence-corrected chi connectivity index (χ3v) is 5.39. The van der Waals surface area contributed by atoms with Gasteiger partial charge in [0, 0.05) is 5.69 Å². The lowest BCUT2D eigenvalue weighted by Gasteiger charge is -2.11. The second kappa shape index (κ2) is 6.96. The van der Waals surface area contributed by atoms with E-state index in [9.17, 15) is 13.2 Å². The fraction of sp³-hybridized carbons (Fsp3) is 0.278. The Morgan fingerprint density at radius 2 is 1.65 bits per heavy atom. The van der Waals surface area contributed by atoms with Gasteiger partial charge in [0.1, 0.15) is 0 Å². The van der Waals surface area contributed by atoms with Crippen LogP contribution in [0.5, 0.6) is 0 Å². The minimum atomic E-state index is -3.46. The highest BCUT2D eigenvalue weighted by atomic mass is 32.2. The third-order valence-electron chi connectivity index (χ3n) is 3.42. The summed E-state index contributed by atoms with van der Waals surface area (Å²) in [5.41, 5.74) is 2.91. The van der Waals surface area contributed by atoms with Crippen molar-refractivity contribution in [1.29, 1.82) is 0 Å². The molecule has 0 unspecified atom stereocenters. The van der Waals surface area contributed by atoms with Crippen LogP contribution in [-0.2, 0) is 9.84 Å². The Morgan fingerprint density at radius 3 is 2.26 bits per heavy atom. The zero-order valence-corrected chi connectivity index (χ0v) is 14.4. The van der Waals surface area contributed by atoms with Crippen molar-refractivity contribution in [2.45, 2.75) is 32.1 Å². The summed E-state index contributed by atoms with van der Waals surface area (Å²) < 4.78 is 24.7. The monoisotopic (exact) mass is 331 g/mol. The van der Waals surface area contributed by atoms with E-state index < -0.39 is 15.7 Å². The van der Waals surface area contributed by atoms with Crippen molar-refractivity contribution in [3.05, 3.63) is 59.2 Å². The van der Waals surface area contributed by atoms with Gasteiger partial charge >= 0.3 is 0 Å². The van der Waals surface area contributed by atoms with Crippen LogP contribution in [0.4, 0.5) is 5.69 Å². The minimum absolute atomic E-state index is 0.0286. The Balaban J connectivity index is 2.37. The second-order valence-electron chi connectivity index (χ2n) is 5.65. The molecule has 0 aromatic heterocycles. The van der Waals surface area contributed by atoms with Gasteiger partial charge in [-0.3, -0.25) is 4.79 Å². The molecular formula is C18H21NO3S. The number of aryl methyl sites for hydroxylation is 2.